The molecule has 3 aromatic heterocycles. The van der Waals surface area contributed by atoms with Crippen molar-refractivity contribution in [2.45, 2.75) is 6.54 Å². The maximum Gasteiger partial charge on any atom is 0.263 e. The zero-order valence-corrected chi connectivity index (χ0v) is 19.4. The molecule has 0 bridgehead atoms. The monoisotopic (exact) mass is 490 g/mol. The number of anilines is 2. The minimum atomic E-state index is -3.54. The van der Waals surface area contributed by atoms with Crippen LogP contribution >= 0.6 is 22.7 Å². The van der Waals surface area contributed by atoms with Gasteiger partial charge in [0.05, 0.1) is 30.8 Å². The fourth-order valence-corrected chi connectivity index (χ4v) is 5.39. The number of nitrogens with zero attached hydrogens (tertiary/aromatic N) is 2. The third-order valence-corrected chi connectivity index (χ3v) is 6.82. The Morgan fingerprint density at radius 1 is 1.25 bits per heavy atom. The van der Waals surface area contributed by atoms with Crippen LogP contribution in [0.15, 0.2) is 52.2 Å². The Morgan fingerprint density at radius 2 is 2.06 bits per heavy atom. The number of thiophene rings is 2. The van der Waals surface area contributed by atoms with E-state index in [4.69, 9.17) is 4.74 Å². The summed E-state index contributed by atoms with van der Waals surface area (Å²) in [6, 6.07) is 8.38. The lowest BCUT2D eigenvalue weighted by Gasteiger charge is -2.13. The Morgan fingerprint density at radius 3 is 2.75 bits per heavy atom. The summed E-state index contributed by atoms with van der Waals surface area (Å²) in [4.78, 5) is 31.6. The number of methoxy groups -OCH3 is 1. The fraction of sp³-hybridized carbons (Fsp3) is 0.150. The number of amides is 1. The van der Waals surface area contributed by atoms with Gasteiger partial charge in [-0.15, -0.1) is 22.7 Å². The zero-order valence-electron chi connectivity index (χ0n) is 17.0. The Balaban J connectivity index is 1.58. The summed E-state index contributed by atoms with van der Waals surface area (Å²) in [7, 11) is -2.13. The number of aromatic nitrogens is 2. The highest BCUT2D eigenvalue weighted by atomic mass is 32.2. The largest absolute Gasteiger partial charge is 0.495 e. The lowest BCUT2D eigenvalue weighted by Crippen LogP contribution is -2.27. The third-order valence-electron chi connectivity index (χ3n) is 4.44. The van der Waals surface area contributed by atoms with Gasteiger partial charge in [-0.1, -0.05) is 6.07 Å². The number of benzene rings is 1. The van der Waals surface area contributed by atoms with E-state index in [9.17, 15) is 18.0 Å². The van der Waals surface area contributed by atoms with Crippen LogP contribution in [0.5, 0.6) is 5.75 Å². The summed E-state index contributed by atoms with van der Waals surface area (Å²) in [6.45, 7) is -0.248. The first-order valence-electron chi connectivity index (χ1n) is 9.21. The van der Waals surface area contributed by atoms with Crippen molar-refractivity contribution in [3.63, 3.8) is 0 Å². The third kappa shape index (κ3) is 4.66. The van der Waals surface area contributed by atoms with E-state index in [-0.39, 0.29) is 17.8 Å². The molecule has 0 fully saturated rings. The van der Waals surface area contributed by atoms with Crippen LogP contribution in [0.4, 0.5) is 11.4 Å². The Kier molecular flexibility index (Phi) is 6.00. The van der Waals surface area contributed by atoms with Crippen molar-refractivity contribution in [1.82, 2.24) is 9.55 Å². The molecular formula is C20H18N4O5S3. The van der Waals surface area contributed by atoms with Crippen molar-refractivity contribution in [3.05, 3.63) is 57.8 Å². The van der Waals surface area contributed by atoms with E-state index in [1.165, 1.54) is 52.8 Å². The molecule has 4 rings (SSSR count). The molecule has 0 spiro atoms. The Bertz CT molecular complexity index is 1460. The summed E-state index contributed by atoms with van der Waals surface area (Å²) in [5.74, 6) is -0.158. The molecule has 0 unspecified atom stereocenters. The van der Waals surface area contributed by atoms with Crippen molar-refractivity contribution in [2.75, 3.05) is 23.4 Å². The average molecular weight is 491 g/mol. The summed E-state index contributed by atoms with van der Waals surface area (Å²) in [5.41, 5.74) is 1.04. The molecule has 0 atom stereocenters. The summed E-state index contributed by atoms with van der Waals surface area (Å²) in [5, 5.41) is 6.98. The van der Waals surface area contributed by atoms with Crippen molar-refractivity contribution >= 4 is 60.2 Å². The van der Waals surface area contributed by atoms with Gasteiger partial charge in [-0.2, -0.15) is 0 Å². The molecule has 3 heterocycles. The Labute approximate surface area is 191 Å². The standard InChI is InChI=1S/C20H18N4O5S3/c1-29-15-6-5-12(8-14(15)23-32(2,27)28)22-17(25)9-24-11-21-19-18(20(24)26)13(10-31-19)16-4-3-7-30-16/h3-8,10-11,23H,9H2,1-2H3,(H,22,25). The molecule has 1 amide bonds. The van der Waals surface area contributed by atoms with Crippen LogP contribution in [0.2, 0.25) is 0 Å². The number of hydrogen-bond acceptors (Lipinski definition) is 8. The van der Waals surface area contributed by atoms with Gasteiger partial charge in [0.15, 0.2) is 0 Å². The lowest BCUT2D eigenvalue weighted by molar-refractivity contribution is -0.116. The van der Waals surface area contributed by atoms with Crippen molar-refractivity contribution < 1.29 is 17.9 Å². The second-order valence-corrected chi connectivity index (χ2v) is 10.4. The summed E-state index contributed by atoms with van der Waals surface area (Å²) < 4.78 is 31.9. The predicted molar refractivity (Wildman–Crippen MR) is 127 cm³/mol. The van der Waals surface area contributed by atoms with Crippen molar-refractivity contribution in [2.24, 2.45) is 0 Å². The number of rotatable bonds is 7. The molecule has 9 nitrogen and oxygen atoms in total. The molecule has 12 heteroatoms. The highest BCUT2D eigenvalue weighted by molar-refractivity contribution is 7.92. The van der Waals surface area contributed by atoms with E-state index < -0.39 is 15.9 Å². The van der Waals surface area contributed by atoms with Crippen LogP contribution in [0.3, 0.4) is 0 Å². The maximum absolute atomic E-state index is 13.0. The number of ether oxygens (including phenoxy) is 1. The topological polar surface area (TPSA) is 119 Å². The van der Waals surface area contributed by atoms with Crippen LogP contribution in [-0.2, 0) is 21.4 Å². The molecule has 0 saturated heterocycles. The van der Waals surface area contributed by atoms with Gasteiger partial charge in [0.2, 0.25) is 15.9 Å². The number of hydrogen-bond donors (Lipinski definition) is 2. The van der Waals surface area contributed by atoms with Gasteiger partial charge < -0.3 is 10.1 Å². The van der Waals surface area contributed by atoms with Gasteiger partial charge in [-0.05, 0) is 29.6 Å². The first-order chi connectivity index (χ1) is 15.2. The second kappa shape index (κ2) is 8.73. The second-order valence-electron chi connectivity index (χ2n) is 6.82. The number of sulfonamides is 1. The SMILES string of the molecule is COc1ccc(NC(=O)Cn2cnc3scc(-c4cccs4)c3c2=O)cc1NS(C)(=O)=O. The van der Waals surface area contributed by atoms with Crippen LogP contribution < -0.4 is 20.3 Å². The highest BCUT2D eigenvalue weighted by Gasteiger charge is 2.16. The van der Waals surface area contributed by atoms with Gasteiger partial charge in [-0.3, -0.25) is 18.9 Å². The molecular weight excluding hydrogens is 472 g/mol. The fourth-order valence-electron chi connectivity index (χ4n) is 3.11. The van der Waals surface area contributed by atoms with Crippen LogP contribution in [-0.4, -0.2) is 37.2 Å². The lowest BCUT2D eigenvalue weighted by atomic mass is 10.2. The minimum Gasteiger partial charge on any atom is -0.495 e. The number of carbonyl (C=O) groups excluding carboxylic acids is 1. The van der Waals surface area contributed by atoms with Crippen molar-refractivity contribution in [1.29, 1.82) is 0 Å². The molecule has 1 aromatic carbocycles. The number of carbonyl (C=O) groups is 1. The quantitative estimate of drug-likeness (QED) is 0.411. The van der Waals surface area contributed by atoms with Gasteiger partial charge >= 0.3 is 0 Å². The summed E-state index contributed by atoms with van der Waals surface area (Å²) in [6.07, 6.45) is 2.37. The first-order valence-corrected chi connectivity index (χ1v) is 12.9. The average Bonchev–Trinajstić information content (AvgIpc) is 3.39. The van der Waals surface area contributed by atoms with E-state index in [0.29, 0.717) is 21.7 Å². The molecule has 0 aliphatic rings. The van der Waals surface area contributed by atoms with Crippen LogP contribution in [0.25, 0.3) is 20.7 Å². The number of nitrogens with one attached hydrogen (secondary N) is 2. The van der Waals surface area contributed by atoms with Crippen LogP contribution in [0.1, 0.15) is 0 Å². The normalized spacial score (nSPS) is 11.4. The van der Waals surface area contributed by atoms with Gasteiger partial charge in [0.25, 0.3) is 5.56 Å². The smallest absolute Gasteiger partial charge is 0.263 e. The first kappa shape index (κ1) is 22.0. The van der Waals surface area contributed by atoms with E-state index in [1.807, 2.05) is 22.9 Å². The molecule has 166 valence electrons. The van der Waals surface area contributed by atoms with Gasteiger partial charge in [-0.25, -0.2) is 13.4 Å². The maximum atomic E-state index is 13.0. The predicted octanol–water partition coefficient (Wildman–Crippen LogP) is 3.21. The highest BCUT2D eigenvalue weighted by Crippen LogP contribution is 2.33. The summed E-state index contributed by atoms with van der Waals surface area (Å²) >= 11 is 2.91. The zero-order chi connectivity index (χ0) is 22.9. The van der Waals surface area contributed by atoms with E-state index >= 15 is 0 Å². The molecule has 0 aliphatic heterocycles. The molecule has 0 aliphatic carbocycles. The molecule has 2 N–H and O–H groups in total. The number of fused-ring (bicyclic) bond motifs is 1. The Hall–Kier alpha value is -3.22. The molecule has 0 radical (unpaired) electrons. The molecule has 0 saturated carbocycles. The van der Waals surface area contributed by atoms with Crippen LogP contribution in [0, 0.1) is 0 Å². The van der Waals surface area contributed by atoms with Gasteiger partial charge in [0, 0.05) is 21.5 Å². The van der Waals surface area contributed by atoms with E-state index in [2.05, 4.69) is 15.0 Å². The molecule has 32 heavy (non-hydrogen) atoms. The molecule has 4 aromatic rings. The van der Waals surface area contributed by atoms with E-state index in [1.54, 1.807) is 6.07 Å². The van der Waals surface area contributed by atoms with Crippen molar-refractivity contribution in [3.8, 4) is 16.2 Å². The van der Waals surface area contributed by atoms with E-state index in [0.717, 1.165) is 16.7 Å². The minimum absolute atomic E-state index is 0.187. The van der Waals surface area contributed by atoms with Gasteiger partial charge in [0.1, 0.15) is 17.1 Å².